The number of carbonyl (C=O) groups excluding carboxylic acids is 2. The third kappa shape index (κ3) is 11.9. The van der Waals surface area contributed by atoms with Gasteiger partial charge >= 0.3 is 19.7 Å². The lowest BCUT2D eigenvalue weighted by Gasteiger charge is -2.23. The molecule has 0 spiro atoms. The average Bonchev–Trinajstić information content (AvgIpc) is 2.95. The van der Waals surface area contributed by atoms with Crippen LogP contribution >= 0.6 is 19.2 Å². The number of halogens is 1. The van der Waals surface area contributed by atoms with Gasteiger partial charge in [0.25, 0.3) is 0 Å². The molecule has 236 valence electrons. The maximum atomic E-state index is 13.4. The lowest BCUT2D eigenvalue weighted by atomic mass is 9.97. The van der Waals surface area contributed by atoms with Crippen LogP contribution in [0.25, 0.3) is 17.2 Å². The summed E-state index contributed by atoms with van der Waals surface area (Å²) < 4.78 is 35.5. The number of esters is 1. The lowest BCUT2D eigenvalue weighted by molar-refractivity contribution is -0.144. The summed E-state index contributed by atoms with van der Waals surface area (Å²) in [4.78, 5) is 26.1. The van der Waals surface area contributed by atoms with Crippen LogP contribution in [0.3, 0.4) is 0 Å². The van der Waals surface area contributed by atoms with Gasteiger partial charge in [-0.25, -0.2) is 9.59 Å². The van der Waals surface area contributed by atoms with Gasteiger partial charge in [-0.3, -0.25) is 4.57 Å². The second kappa shape index (κ2) is 16.6. The maximum Gasteiger partial charge on any atom is 0.408 e. The zero-order chi connectivity index (χ0) is 32.2. The first-order valence-electron chi connectivity index (χ1n) is 14.5. The fraction of sp³-hybridized carbons (Fsp3) is 0.353. The highest BCUT2D eigenvalue weighted by atomic mass is 35.5. The molecule has 0 bridgehead atoms. The highest BCUT2D eigenvalue weighted by Gasteiger charge is 2.28. The highest BCUT2D eigenvalue weighted by Crippen LogP contribution is 2.51. The van der Waals surface area contributed by atoms with Gasteiger partial charge in [0.2, 0.25) is 0 Å². The molecule has 8 nitrogen and oxygen atoms in total. The summed E-state index contributed by atoms with van der Waals surface area (Å²) in [5.41, 5.74) is 3.26. The van der Waals surface area contributed by atoms with E-state index in [4.69, 9.17) is 30.1 Å². The second-order valence-corrected chi connectivity index (χ2v) is 13.5. The van der Waals surface area contributed by atoms with Crippen LogP contribution in [0.4, 0.5) is 4.79 Å². The van der Waals surface area contributed by atoms with Crippen molar-refractivity contribution < 1.29 is 32.7 Å². The second-order valence-electron chi connectivity index (χ2n) is 11.0. The van der Waals surface area contributed by atoms with E-state index < -0.39 is 31.3 Å². The molecule has 0 fully saturated rings. The molecule has 1 amide bonds. The topological polar surface area (TPSA) is 100 Å². The zero-order valence-electron chi connectivity index (χ0n) is 25.9. The van der Waals surface area contributed by atoms with E-state index >= 15 is 0 Å². The van der Waals surface area contributed by atoms with Gasteiger partial charge in [-0.2, -0.15) is 0 Å². The molecule has 0 saturated heterocycles. The standard InChI is InChI=1S/C34H41ClNO7P/c1-6-41-44(39,42-7-2)24-27-20-26(21-29(22-27)28-15-17-30(35)18-16-28)23-31(36-33(38)43-34(3,4)5)32(37)40-19-11-14-25-12-9-8-10-13-25/h8-18,20-22,31H,6-7,19,23-24H2,1-5H3,(H,36,38). The van der Waals surface area contributed by atoms with Crippen LogP contribution in [-0.4, -0.2) is 43.5 Å². The van der Waals surface area contributed by atoms with Gasteiger partial charge < -0.3 is 23.8 Å². The van der Waals surface area contributed by atoms with Gasteiger partial charge in [-0.1, -0.05) is 78.3 Å². The molecule has 1 unspecified atom stereocenters. The zero-order valence-corrected chi connectivity index (χ0v) is 27.5. The first kappa shape index (κ1) is 35.1. The van der Waals surface area contributed by atoms with Crippen LogP contribution in [0.5, 0.6) is 0 Å². The van der Waals surface area contributed by atoms with Gasteiger partial charge in [-0.15, -0.1) is 0 Å². The van der Waals surface area contributed by atoms with Crippen LogP contribution in [0.1, 0.15) is 51.3 Å². The summed E-state index contributed by atoms with van der Waals surface area (Å²) in [6.45, 7) is 9.22. The summed E-state index contributed by atoms with van der Waals surface area (Å²) in [6.07, 6.45) is 2.95. The third-order valence-corrected chi connectivity index (χ3v) is 8.41. The van der Waals surface area contributed by atoms with Crippen LogP contribution in [0.15, 0.2) is 78.9 Å². The third-order valence-electron chi connectivity index (χ3n) is 6.10. The SMILES string of the molecule is CCOP(=O)(Cc1cc(CC(NC(=O)OC(C)(C)C)C(=O)OCC=Cc2ccccc2)cc(-c2ccc(Cl)cc2)c1)OCC. The van der Waals surface area contributed by atoms with Crippen molar-refractivity contribution in [2.24, 2.45) is 0 Å². The van der Waals surface area contributed by atoms with Crippen LogP contribution in [0, 0.1) is 0 Å². The normalized spacial score (nSPS) is 12.6. The number of ether oxygens (including phenoxy) is 2. The van der Waals surface area contributed by atoms with E-state index in [2.05, 4.69) is 5.32 Å². The molecule has 0 heterocycles. The van der Waals surface area contributed by atoms with Crippen molar-refractivity contribution in [3.63, 3.8) is 0 Å². The number of alkyl carbamates (subject to hydrolysis) is 1. The predicted molar refractivity (Wildman–Crippen MR) is 175 cm³/mol. The smallest absolute Gasteiger partial charge is 0.408 e. The quantitative estimate of drug-likeness (QED) is 0.139. The number of nitrogens with one attached hydrogen (secondary N) is 1. The number of carbonyl (C=O) groups is 2. The minimum atomic E-state index is -3.43. The van der Waals surface area contributed by atoms with E-state index in [-0.39, 0.29) is 32.4 Å². The van der Waals surface area contributed by atoms with Crippen LogP contribution in [0.2, 0.25) is 5.02 Å². The molecule has 1 N–H and O–H groups in total. The van der Waals surface area contributed by atoms with E-state index in [9.17, 15) is 14.2 Å². The first-order chi connectivity index (χ1) is 20.9. The minimum absolute atomic E-state index is 0.0161. The van der Waals surface area contributed by atoms with Gasteiger partial charge in [0.05, 0.1) is 19.4 Å². The van der Waals surface area contributed by atoms with Crippen molar-refractivity contribution in [3.8, 4) is 11.1 Å². The molecule has 0 aliphatic carbocycles. The van der Waals surface area contributed by atoms with Gasteiger partial charge in [0, 0.05) is 11.4 Å². The summed E-state index contributed by atoms with van der Waals surface area (Å²) in [7, 11) is -3.43. The number of hydrogen-bond donors (Lipinski definition) is 1. The van der Waals surface area contributed by atoms with Crippen molar-refractivity contribution in [2.75, 3.05) is 19.8 Å². The van der Waals surface area contributed by atoms with E-state index in [1.165, 1.54) is 0 Å². The monoisotopic (exact) mass is 641 g/mol. The fourth-order valence-electron chi connectivity index (χ4n) is 4.38. The Bertz CT molecular complexity index is 1440. The number of benzene rings is 3. The summed E-state index contributed by atoms with van der Waals surface area (Å²) in [5, 5.41) is 3.26. The van der Waals surface area contributed by atoms with E-state index in [0.29, 0.717) is 16.1 Å². The first-order valence-corrected chi connectivity index (χ1v) is 16.6. The Morgan fingerprint density at radius 3 is 2.16 bits per heavy atom. The largest absolute Gasteiger partial charge is 0.460 e. The van der Waals surface area contributed by atoms with Gasteiger partial charge in [0.15, 0.2) is 0 Å². The molecule has 0 aliphatic rings. The Labute approximate surface area is 265 Å². The van der Waals surface area contributed by atoms with Crippen molar-refractivity contribution in [1.29, 1.82) is 0 Å². The molecule has 10 heteroatoms. The molecule has 0 saturated carbocycles. The Kier molecular flexibility index (Phi) is 13.2. The van der Waals surface area contributed by atoms with Crippen molar-refractivity contribution >= 4 is 37.3 Å². The van der Waals surface area contributed by atoms with Gasteiger partial charge in [-0.05, 0) is 80.6 Å². The Morgan fingerprint density at radius 1 is 0.909 bits per heavy atom. The van der Waals surface area contributed by atoms with Gasteiger partial charge in [0.1, 0.15) is 18.2 Å². The molecule has 44 heavy (non-hydrogen) atoms. The van der Waals surface area contributed by atoms with Crippen LogP contribution in [-0.2, 0) is 40.5 Å². The molecule has 0 aromatic heterocycles. The number of hydrogen-bond acceptors (Lipinski definition) is 7. The van der Waals surface area contributed by atoms with E-state index in [0.717, 1.165) is 16.7 Å². The maximum absolute atomic E-state index is 13.4. The lowest BCUT2D eigenvalue weighted by Crippen LogP contribution is -2.45. The minimum Gasteiger partial charge on any atom is -0.460 e. The van der Waals surface area contributed by atoms with Crippen molar-refractivity contribution in [2.45, 2.75) is 58.8 Å². The fourth-order valence-corrected chi connectivity index (χ4v) is 6.18. The summed E-state index contributed by atoms with van der Waals surface area (Å²) in [6, 6.07) is 21.5. The molecule has 3 aromatic rings. The molecule has 0 aliphatic heterocycles. The average molecular weight is 642 g/mol. The number of amides is 1. The van der Waals surface area contributed by atoms with Crippen molar-refractivity contribution in [3.05, 3.63) is 101 Å². The molecule has 1 atom stereocenters. The van der Waals surface area contributed by atoms with E-state index in [1.807, 2.05) is 66.7 Å². The molecular weight excluding hydrogens is 601 g/mol. The predicted octanol–water partition coefficient (Wildman–Crippen LogP) is 8.47. The highest BCUT2D eigenvalue weighted by molar-refractivity contribution is 7.53. The van der Waals surface area contributed by atoms with Crippen LogP contribution < -0.4 is 5.32 Å². The van der Waals surface area contributed by atoms with E-state index in [1.54, 1.807) is 52.8 Å². The summed E-state index contributed by atoms with van der Waals surface area (Å²) in [5.74, 6) is -0.624. The Morgan fingerprint density at radius 2 is 1.55 bits per heavy atom. The molecule has 3 rings (SSSR count). The molecule has 0 radical (unpaired) electrons. The molecular formula is C34H41ClNO7P. The summed E-state index contributed by atoms with van der Waals surface area (Å²) >= 11 is 6.12. The Balaban J connectivity index is 1.93. The Hall–Kier alpha value is -3.42. The van der Waals surface area contributed by atoms with Crippen molar-refractivity contribution in [1.82, 2.24) is 5.32 Å². The molecule has 3 aromatic carbocycles. The number of rotatable bonds is 14.